The minimum absolute atomic E-state index is 0.541. The second kappa shape index (κ2) is 3.52. The molecule has 0 atom stereocenters. The Balaban J connectivity index is 2.88. The van der Waals surface area contributed by atoms with Crippen molar-refractivity contribution in [1.82, 2.24) is 0 Å². The normalized spacial score (nSPS) is 21.0. The lowest BCUT2D eigenvalue weighted by Crippen LogP contribution is -2.00. The Morgan fingerprint density at radius 3 is 2.36 bits per heavy atom. The van der Waals surface area contributed by atoms with Crippen LogP contribution >= 0.6 is 22.6 Å². The molecule has 60 valence electrons. The number of hydrogen-bond donors (Lipinski definition) is 0. The minimum atomic E-state index is 0.541. The van der Waals surface area contributed by atoms with E-state index < -0.39 is 0 Å². The molecule has 0 fully saturated rings. The van der Waals surface area contributed by atoms with E-state index >= 15 is 0 Å². The molecule has 1 heterocycles. The molecule has 0 aromatic rings. The van der Waals surface area contributed by atoms with Gasteiger partial charge in [-0.15, -0.1) is 0 Å². The molecule has 0 N–H and O–H groups in total. The summed E-state index contributed by atoms with van der Waals surface area (Å²) in [5.74, 6) is 0.541. The van der Waals surface area contributed by atoms with Crippen molar-refractivity contribution in [2.75, 3.05) is 0 Å². The van der Waals surface area contributed by atoms with Gasteiger partial charge in [-0.3, -0.25) is 4.99 Å². The van der Waals surface area contributed by atoms with Gasteiger partial charge in [0, 0.05) is 9.29 Å². The molecule has 0 saturated carbocycles. The van der Waals surface area contributed by atoms with Crippen molar-refractivity contribution in [1.29, 1.82) is 0 Å². The Hall–Kier alpha value is -0.120. The van der Waals surface area contributed by atoms with E-state index in [1.807, 2.05) is 0 Å². The van der Waals surface area contributed by atoms with Crippen LogP contribution in [0.4, 0.5) is 0 Å². The fraction of sp³-hybridized carbons (Fsp3) is 0.444. The van der Waals surface area contributed by atoms with Gasteiger partial charge in [-0.25, -0.2) is 0 Å². The lowest BCUT2D eigenvalue weighted by molar-refractivity contribution is 0.890. The maximum atomic E-state index is 4.46. The summed E-state index contributed by atoms with van der Waals surface area (Å²) in [6.45, 7) is 6.40. The van der Waals surface area contributed by atoms with E-state index in [9.17, 15) is 0 Å². The van der Waals surface area contributed by atoms with E-state index in [1.165, 1.54) is 9.29 Å². The van der Waals surface area contributed by atoms with E-state index in [0.717, 1.165) is 5.70 Å². The fourth-order valence-electron chi connectivity index (χ4n) is 0.891. The van der Waals surface area contributed by atoms with Crippen LogP contribution in [0.2, 0.25) is 0 Å². The molecule has 1 aliphatic rings. The third-order valence-electron chi connectivity index (χ3n) is 1.61. The quantitative estimate of drug-likeness (QED) is 0.642. The molecule has 1 aliphatic heterocycles. The number of allylic oxidation sites excluding steroid dienone is 3. The van der Waals surface area contributed by atoms with Gasteiger partial charge in [0.15, 0.2) is 0 Å². The zero-order valence-electron chi connectivity index (χ0n) is 7.06. The highest BCUT2D eigenvalue weighted by Crippen LogP contribution is 2.20. The van der Waals surface area contributed by atoms with Crippen LogP contribution in [-0.2, 0) is 0 Å². The zero-order valence-corrected chi connectivity index (χ0v) is 9.21. The highest BCUT2D eigenvalue weighted by atomic mass is 127. The van der Waals surface area contributed by atoms with E-state index in [4.69, 9.17) is 0 Å². The molecule has 1 nitrogen and oxygen atoms in total. The van der Waals surface area contributed by atoms with Crippen LogP contribution in [0.5, 0.6) is 0 Å². The summed E-state index contributed by atoms with van der Waals surface area (Å²) in [5.41, 5.74) is 2.31. The molecule has 0 bridgehead atoms. The van der Waals surface area contributed by atoms with Crippen molar-refractivity contribution in [3.05, 3.63) is 21.4 Å². The van der Waals surface area contributed by atoms with Gasteiger partial charge < -0.3 is 0 Å². The molecule has 2 heteroatoms. The van der Waals surface area contributed by atoms with Crippen LogP contribution in [-0.4, -0.2) is 5.71 Å². The molecule has 0 aliphatic carbocycles. The average Bonchev–Trinajstić information content (AvgIpc) is 2.33. The van der Waals surface area contributed by atoms with Gasteiger partial charge in [0.2, 0.25) is 0 Å². The van der Waals surface area contributed by atoms with E-state index in [1.54, 1.807) is 0 Å². The molecule has 0 aromatic heterocycles. The topological polar surface area (TPSA) is 12.4 Å². The van der Waals surface area contributed by atoms with E-state index in [0.29, 0.717) is 5.92 Å². The van der Waals surface area contributed by atoms with Gasteiger partial charge in [-0.1, -0.05) is 13.8 Å². The Morgan fingerprint density at radius 1 is 1.45 bits per heavy atom. The molecule has 0 saturated heterocycles. The van der Waals surface area contributed by atoms with E-state index in [-0.39, 0.29) is 0 Å². The summed E-state index contributed by atoms with van der Waals surface area (Å²) in [4.78, 5) is 4.46. The molecule has 0 unspecified atom stereocenters. The van der Waals surface area contributed by atoms with Gasteiger partial charge in [0.25, 0.3) is 0 Å². The first kappa shape index (κ1) is 8.97. The molecular formula is C9H12IN. The molecule has 0 aromatic carbocycles. The van der Waals surface area contributed by atoms with Crippen molar-refractivity contribution in [2.24, 2.45) is 10.9 Å². The third kappa shape index (κ3) is 2.15. The zero-order chi connectivity index (χ0) is 8.43. The van der Waals surface area contributed by atoms with Crippen LogP contribution in [0.1, 0.15) is 20.8 Å². The standard InChI is InChI=1S/C9H12IN/c1-6(2)8-4-5-9(11-8)7(3)10/h4-6H,1-3H3/b9-7+. The SMILES string of the molecule is C/C(I)=C1/C=CC(C(C)C)=N1. The van der Waals surface area contributed by atoms with Crippen molar-refractivity contribution in [3.8, 4) is 0 Å². The summed E-state index contributed by atoms with van der Waals surface area (Å²) in [5, 5.41) is 0. The van der Waals surface area contributed by atoms with Crippen LogP contribution in [0.3, 0.4) is 0 Å². The maximum Gasteiger partial charge on any atom is 0.0723 e. The van der Waals surface area contributed by atoms with Gasteiger partial charge in [0.1, 0.15) is 0 Å². The van der Waals surface area contributed by atoms with Crippen LogP contribution in [0.25, 0.3) is 0 Å². The predicted octanol–water partition coefficient (Wildman–Crippen LogP) is 3.32. The number of nitrogens with zero attached hydrogens (tertiary/aromatic N) is 1. The highest BCUT2D eigenvalue weighted by molar-refractivity contribution is 14.1. The first-order valence-electron chi connectivity index (χ1n) is 3.74. The van der Waals surface area contributed by atoms with Gasteiger partial charge in [-0.05, 0) is 47.6 Å². The van der Waals surface area contributed by atoms with Crippen LogP contribution in [0.15, 0.2) is 26.4 Å². The summed E-state index contributed by atoms with van der Waals surface area (Å²) in [6.07, 6.45) is 4.18. The number of hydrogen-bond acceptors (Lipinski definition) is 1. The Morgan fingerprint density at radius 2 is 2.09 bits per heavy atom. The number of halogens is 1. The summed E-state index contributed by atoms with van der Waals surface area (Å²) in [6, 6.07) is 0. The van der Waals surface area contributed by atoms with Gasteiger partial charge in [0.05, 0.1) is 5.70 Å². The Bertz CT molecular complexity index is 242. The van der Waals surface area contributed by atoms with Crippen molar-refractivity contribution in [2.45, 2.75) is 20.8 Å². The molecule has 1 rings (SSSR count). The highest BCUT2D eigenvalue weighted by Gasteiger charge is 2.08. The predicted molar refractivity (Wildman–Crippen MR) is 58.1 cm³/mol. The lowest BCUT2D eigenvalue weighted by Gasteiger charge is -1.99. The van der Waals surface area contributed by atoms with Crippen molar-refractivity contribution < 1.29 is 0 Å². The minimum Gasteiger partial charge on any atom is -0.252 e. The molecule has 0 amide bonds. The number of aliphatic imine (C=N–C) groups is 1. The average molecular weight is 261 g/mol. The summed E-state index contributed by atoms with van der Waals surface area (Å²) >= 11 is 2.30. The second-order valence-electron chi connectivity index (χ2n) is 2.94. The Kier molecular flexibility index (Phi) is 2.87. The van der Waals surface area contributed by atoms with Crippen molar-refractivity contribution >= 4 is 28.3 Å². The Labute approximate surface area is 81.4 Å². The first-order valence-corrected chi connectivity index (χ1v) is 4.82. The summed E-state index contributed by atoms with van der Waals surface area (Å²) in [7, 11) is 0. The van der Waals surface area contributed by atoms with Crippen LogP contribution in [0, 0.1) is 5.92 Å². The monoisotopic (exact) mass is 261 g/mol. The van der Waals surface area contributed by atoms with Crippen LogP contribution < -0.4 is 0 Å². The largest absolute Gasteiger partial charge is 0.252 e. The lowest BCUT2D eigenvalue weighted by atomic mass is 10.1. The fourth-order valence-corrected chi connectivity index (χ4v) is 1.19. The molecule has 0 radical (unpaired) electrons. The maximum absolute atomic E-state index is 4.46. The summed E-state index contributed by atoms with van der Waals surface area (Å²) < 4.78 is 1.26. The first-order chi connectivity index (χ1) is 5.11. The van der Waals surface area contributed by atoms with E-state index in [2.05, 4.69) is 60.5 Å². The number of rotatable bonds is 1. The smallest absolute Gasteiger partial charge is 0.0723 e. The third-order valence-corrected chi connectivity index (χ3v) is 2.16. The van der Waals surface area contributed by atoms with Gasteiger partial charge >= 0.3 is 0 Å². The second-order valence-corrected chi connectivity index (χ2v) is 4.56. The molecule has 0 spiro atoms. The van der Waals surface area contributed by atoms with Gasteiger partial charge in [-0.2, -0.15) is 0 Å². The molecule has 11 heavy (non-hydrogen) atoms. The van der Waals surface area contributed by atoms with Crippen molar-refractivity contribution in [3.63, 3.8) is 0 Å². The molecular weight excluding hydrogens is 249 g/mol.